The van der Waals surface area contributed by atoms with Crippen molar-refractivity contribution in [3.05, 3.63) is 0 Å². The molecular weight excluding hydrogens is 260 g/mol. The topological polar surface area (TPSA) is 32.3 Å². The Bertz CT molecular complexity index is 384. The van der Waals surface area contributed by atoms with E-state index in [4.69, 9.17) is 0 Å². The van der Waals surface area contributed by atoms with E-state index in [1.165, 1.54) is 51.4 Å². The number of carbonyl (C=O) groups is 1. The smallest absolute Gasteiger partial charge is 0.237 e. The summed E-state index contributed by atoms with van der Waals surface area (Å²) in [5, 5.41) is 3.58. The van der Waals surface area contributed by atoms with Gasteiger partial charge < -0.3 is 5.32 Å². The van der Waals surface area contributed by atoms with Crippen LogP contribution < -0.4 is 5.32 Å². The molecular formula is C18H30N2O. The van der Waals surface area contributed by atoms with Crippen LogP contribution in [0.2, 0.25) is 0 Å². The van der Waals surface area contributed by atoms with Crippen molar-refractivity contribution in [2.24, 2.45) is 17.8 Å². The van der Waals surface area contributed by atoms with Crippen LogP contribution in [0.25, 0.3) is 0 Å². The first-order valence-electron chi connectivity index (χ1n) is 9.23. The molecule has 0 aromatic rings. The highest BCUT2D eigenvalue weighted by Gasteiger charge is 2.52. The second kappa shape index (κ2) is 5.26. The van der Waals surface area contributed by atoms with Gasteiger partial charge in [-0.3, -0.25) is 9.69 Å². The summed E-state index contributed by atoms with van der Waals surface area (Å²) >= 11 is 0. The van der Waals surface area contributed by atoms with Crippen LogP contribution in [0.1, 0.15) is 64.7 Å². The predicted molar refractivity (Wildman–Crippen MR) is 83.9 cm³/mol. The first-order chi connectivity index (χ1) is 10.2. The monoisotopic (exact) mass is 290 g/mol. The van der Waals surface area contributed by atoms with E-state index >= 15 is 0 Å². The normalized spacial score (nSPS) is 45.8. The molecule has 1 heterocycles. The largest absolute Gasteiger partial charge is 0.349 e. The lowest BCUT2D eigenvalue weighted by Crippen LogP contribution is -2.63. The van der Waals surface area contributed by atoms with Gasteiger partial charge in [0.25, 0.3) is 0 Å². The van der Waals surface area contributed by atoms with Gasteiger partial charge in [-0.1, -0.05) is 13.3 Å². The lowest BCUT2D eigenvalue weighted by molar-refractivity contribution is -0.133. The third-order valence-corrected chi connectivity index (χ3v) is 6.75. The first-order valence-corrected chi connectivity index (χ1v) is 9.23. The average Bonchev–Trinajstić information content (AvgIpc) is 2.45. The molecule has 4 aliphatic carbocycles. The Morgan fingerprint density at radius 1 is 1.10 bits per heavy atom. The van der Waals surface area contributed by atoms with Gasteiger partial charge in [0.1, 0.15) is 0 Å². The molecule has 1 aliphatic heterocycles. The van der Waals surface area contributed by atoms with Crippen molar-refractivity contribution >= 4 is 5.91 Å². The third kappa shape index (κ3) is 2.52. The summed E-state index contributed by atoms with van der Waals surface area (Å²) in [7, 11) is 0. The molecule has 5 rings (SSSR count). The Kier molecular flexibility index (Phi) is 3.52. The van der Waals surface area contributed by atoms with E-state index in [0.717, 1.165) is 37.3 Å². The number of nitrogens with one attached hydrogen (secondary N) is 1. The maximum Gasteiger partial charge on any atom is 0.237 e. The van der Waals surface area contributed by atoms with Gasteiger partial charge in [0.05, 0.1) is 6.04 Å². The Hall–Kier alpha value is -0.570. The summed E-state index contributed by atoms with van der Waals surface area (Å²) < 4.78 is 0. The lowest BCUT2D eigenvalue weighted by Gasteiger charge is -2.57. The molecule has 5 aliphatic rings. The number of amides is 1. The van der Waals surface area contributed by atoms with Gasteiger partial charge in [0.15, 0.2) is 0 Å². The van der Waals surface area contributed by atoms with Crippen molar-refractivity contribution in [3.63, 3.8) is 0 Å². The maximum atomic E-state index is 12.9. The van der Waals surface area contributed by atoms with Crippen LogP contribution in [0.3, 0.4) is 0 Å². The van der Waals surface area contributed by atoms with Crippen molar-refractivity contribution in [2.75, 3.05) is 13.1 Å². The molecule has 0 aromatic heterocycles. The van der Waals surface area contributed by atoms with Crippen molar-refractivity contribution in [3.8, 4) is 0 Å². The molecule has 1 N–H and O–H groups in total. The summed E-state index contributed by atoms with van der Waals surface area (Å²) in [4.78, 5) is 15.3. The molecule has 1 amide bonds. The molecule has 5 fully saturated rings. The van der Waals surface area contributed by atoms with Crippen LogP contribution >= 0.6 is 0 Å². The second-order valence-electron chi connectivity index (χ2n) is 8.33. The van der Waals surface area contributed by atoms with Gasteiger partial charge >= 0.3 is 0 Å². The van der Waals surface area contributed by atoms with Crippen LogP contribution in [0.5, 0.6) is 0 Å². The van der Waals surface area contributed by atoms with E-state index in [9.17, 15) is 4.79 Å². The number of piperidine rings is 1. The summed E-state index contributed by atoms with van der Waals surface area (Å²) in [6.07, 6.45) is 11.7. The molecule has 0 aromatic carbocycles. The fourth-order valence-corrected chi connectivity index (χ4v) is 6.27. The predicted octanol–water partition coefficient (Wildman–Crippen LogP) is 2.95. The molecule has 3 heteroatoms. The van der Waals surface area contributed by atoms with Crippen LogP contribution in [0, 0.1) is 17.8 Å². The van der Waals surface area contributed by atoms with Crippen molar-refractivity contribution in [1.29, 1.82) is 0 Å². The van der Waals surface area contributed by atoms with Crippen molar-refractivity contribution in [2.45, 2.75) is 76.3 Å². The van der Waals surface area contributed by atoms with Crippen molar-refractivity contribution < 1.29 is 4.79 Å². The molecule has 0 spiro atoms. The molecule has 0 radical (unpaired) electrons. The summed E-state index contributed by atoms with van der Waals surface area (Å²) in [5.74, 6) is 3.07. The standard InChI is InChI=1S/C18H30N2O/c1-2-20-6-4-3-5-16(20)17(21)19-18-10-13-7-14(11-18)9-15(8-13)12-18/h13-16H,2-12H2,1H3,(H,19,21)/t13?,14?,15?,16-,18?/m1/s1. The molecule has 21 heavy (non-hydrogen) atoms. The van der Waals surface area contributed by atoms with E-state index < -0.39 is 0 Å². The fourth-order valence-electron chi connectivity index (χ4n) is 6.27. The second-order valence-corrected chi connectivity index (χ2v) is 8.33. The number of hydrogen-bond acceptors (Lipinski definition) is 2. The Labute approximate surface area is 128 Å². The first kappa shape index (κ1) is 14.0. The minimum atomic E-state index is 0.150. The molecule has 3 nitrogen and oxygen atoms in total. The minimum absolute atomic E-state index is 0.150. The Morgan fingerprint density at radius 2 is 1.71 bits per heavy atom. The van der Waals surface area contributed by atoms with Gasteiger partial charge in [-0.2, -0.15) is 0 Å². The van der Waals surface area contributed by atoms with E-state index in [-0.39, 0.29) is 11.6 Å². The van der Waals surface area contributed by atoms with Gasteiger partial charge in [-0.25, -0.2) is 0 Å². The highest BCUT2D eigenvalue weighted by molar-refractivity contribution is 5.82. The summed E-state index contributed by atoms with van der Waals surface area (Å²) in [6.45, 7) is 4.31. The van der Waals surface area contributed by atoms with Gasteiger partial charge in [0, 0.05) is 5.54 Å². The molecule has 1 atom stereocenters. The van der Waals surface area contributed by atoms with Crippen LogP contribution in [-0.2, 0) is 4.79 Å². The molecule has 4 bridgehead atoms. The number of hydrogen-bond donors (Lipinski definition) is 1. The minimum Gasteiger partial charge on any atom is -0.349 e. The zero-order chi connectivity index (χ0) is 14.4. The quantitative estimate of drug-likeness (QED) is 0.867. The number of rotatable bonds is 3. The summed E-state index contributed by atoms with van der Waals surface area (Å²) in [6, 6.07) is 0.150. The van der Waals surface area contributed by atoms with Gasteiger partial charge in [0.2, 0.25) is 5.91 Å². The lowest BCUT2D eigenvalue weighted by atomic mass is 9.53. The number of carbonyl (C=O) groups excluding carboxylic acids is 1. The average molecular weight is 290 g/mol. The molecule has 1 saturated heterocycles. The van der Waals surface area contributed by atoms with Crippen LogP contribution in [0.4, 0.5) is 0 Å². The van der Waals surface area contributed by atoms with Gasteiger partial charge in [-0.15, -0.1) is 0 Å². The van der Waals surface area contributed by atoms with Crippen LogP contribution in [0.15, 0.2) is 0 Å². The SMILES string of the molecule is CCN1CCCC[C@@H]1C(=O)NC12CC3CC(CC(C3)C1)C2. The zero-order valence-corrected chi connectivity index (χ0v) is 13.4. The van der Waals surface area contributed by atoms with E-state index in [2.05, 4.69) is 17.1 Å². The van der Waals surface area contributed by atoms with E-state index in [0.29, 0.717) is 5.91 Å². The number of nitrogens with zero attached hydrogens (tertiary/aromatic N) is 1. The van der Waals surface area contributed by atoms with Gasteiger partial charge in [-0.05, 0) is 82.2 Å². The molecule has 118 valence electrons. The molecule has 0 unspecified atom stereocenters. The fraction of sp³-hybridized carbons (Fsp3) is 0.944. The Morgan fingerprint density at radius 3 is 2.29 bits per heavy atom. The van der Waals surface area contributed by atoms with E-state index in [1.54, 1.807) is 0 Å². The molecule has 4 saturated carbocycles. The summed E-state index contributed by atoms with van der Waals surface area (Å²) in [5.41, 5.74) is 0.183. The number of likely N-dealkylation sites (N-methyl/N-ethyl adjacent to an activating group) is 1. The maximum absolute atomic E-state index is 12.9. The van der Waals surface area contributed by atoms with Crippen LogP contribution in [-0.4, -0.2) is 35.5 Å². The zero-order valence-electron chi connectivity index (χ0n) is 13.4. The third-order valence-electron chi connectivity index (χ3n) is 6.75. The van der Waals surface area contributed by atoms with Crippen molar-refractivity contribution in [1.82, 2.24) is 10.2 Å². The highest BCUT2D eigenvalue weighted by Crippen LogP contribution is 2.55. The number of likely N-dealkylation sites (tertiary alicyclic amines) is 1. The Balaban J connectivity index is 1.46. The van der Waals surface area contributed by atoms with E-state index in [1.807, 2.05) is 0 Å². The highest BCUT2D eigenvalue weighted by atomic mass is 16.2.